The Morgan fingerprint density at radius 2 is 2.19 bits per heavy atom. The average molecular weight is 212 g/mol. The molecule has 2 N–H and O–H groups in total. The van der Waals surface area contributed by atoms with E-state index in [-0.39, 0.29) is 0 Å². The summed E-state index contributed by atoms with van der Waals surface area (Å²) in [6.07, 6.45) is 3.14. The van der Waals surface area contributed by atoms with Crippen LogP contribution in [-0.4, -0.2) is 10.9 Å². The Morgan fingerprint density at radius 1 is 1.50 bits per heavy atom. The molecule has 1 fully saturated rings. The maximum absolute atomic E-state index is 11.2. The number of pyridine rings is 1. The Labute approximate surface area is 92.1 Å². The van der Waals surface area contributed by atoms with Gasteiger partial charge in [0.25, 0.3) is 0 Å². The normalized spacial score (nSPS) is 25.1. The number of nitriles is 2. The maximum atomic E-state index is 11.2. The van der Waals surface area contributed by atoms with Gasteiger partial charge < -0.3 is 5.73 Å². The summed E-state index contributed by atoms with van der Waals surface area (Å²) in [6.45, 7) is 0. The second-order valence-electron chi connectivity index (χ2n) is 3.74. The summed E-state index contributed by atoms with van der Waals surface area (Å²) < 4.78 is 0. The number of carbonyl (C=O) groups is 1. The van der Waals surface area contributed by atoms with Gasteiger partial charge in [-0.15, -0.1) is 0 Å². The van der Waals surface area contributed by atoms with Crippen molar-refractivity contribution in [3.8, 4) is 12.1 Å². The summed E-state index contributed by atoms with van der Waals surface area (Å²) in [5.74, 6) is -1.79. The molecule has 1 amide bonds. The lowest BCUT2D eigenvalue weighted by atomic mass is 10.0. The maximum Gasteiger partial charge on any atom is 0.223 e. The van der Waals surface area contributed by atoms with Crippen LogP contribution in [0, 0.1) is 34.0 Å². The van der Waals surface area contributed by atoms with Crippen LogP contribution in [0.15, 0.2) is 24.5 Å². The molecule has 0 spiro atoms. The summed E-state index contributed by atoms with van der Waals surface area (Å²) in [4.78, 5) is 15.1. The van der Waals surface area contributed by atoms with Gasteiger partial charge in [0.15, 0.2) is 5.41 Å². The predicted octanol–water partition coefficient (Wildman–Crippen LogP) is 0.314. The highest BCUT2D eigenvalue weighted by atomic mass is 16.1. The Hall–Kier alpha value is -2.40. The number of nitrogens with zero attached hydrogens (tertiary/aromatic N) is 3. The summed E-state index contributed by atoms with van der Waals surface area (Å²) in [6, 6.07) is 7.22. The molecule has 0 bridgehead atoms. The minimum Gasteiger partial charge on any atom is -0.369 e. The SMILES string of the molecule is N#CC1(C#N)C(C(N)=O)C1c1cccnc1. The molecule has 0 radical (unpaired) electrons. The van der Waals surface area contributed by atoms with Crippen LogP contribution < -0.4 is 5.73 Å². The molecule has 16 heavy (non-hydrogen) atoms. The second-order valence-corrected chi connectivity index (χ2v) is 3.74. The fourth-order valence-electron chi connectivity index (χ4n) is 2.09. The van der Waals surface area contributed by atoms with Crippen LogP contribution in [0.3, 0.4) is 0 Å². The molecular formula is C11H8N4O. The van der Waals surface area contributed by atoms with E-state index in [1.807, 2.05) is 12.1 Å². The van der Waals surface area contributed by atoms with Gasteiger partial charge in [-0.25, -0.2) is 0 Å². The van der Waals surface area contributed by atoms with E-state index in [1.54, 1.807) is 24.5 Å². The van der Waals surface area contributed by atoms with E-state index >= 15 is 0 Å². The molecule has 2 unspecified atom stereocenters. The van der Waals surface area contributed by atoms with Crippen molar-refractivity contribution in [3.05, 3.63) is 30.1 Å². The largest absolute Gasteiger partial charge is 0.369 e. The fourth-order valence-corrected chi connectivity index (χ4v) is 2.09. The molecule has 1 saturated carbocycles. The number of hydrogen-bond acceptors (Lipinski definition) is 4. The molecule has 78 valence electrons. The van der Waals surface area contributed by atoms with Crippen LogP contribution >= 0.6 is 0 Å². The zero-order valence-corrected chi connectivity index (χ0v) is 8.29. The third-order valence-corrected chi connectivity index (χ3v) is 2.93. The van der Waals surface area contributed by atoms with E-state index < -0.39 is 23.2 Å². The van der Waals surface area contributed by atoms with Gasteiger partial charge in [-0.05, 0) is 11.6 Å². The van der Waals surface area contributed by atoms with E-state index in [9.17, 15) is 4.79 Å². The van der Waals surface area contributed by atoms with Crippen LogP contribution in [0.2, 0.25) is 0 Å². The number of rotatable bonds is 2. The third-order valence-electron chi connectivity index (χ3n) is 2.93. The Bertz CT molecular complexity index is 497. The minimum absolute atomic E-state index is 0.450. The van der Waals surface area contributed by atoms with E-state index in [4.69, 9.17) is 16.3 Å². The van der Waals surface area contributed by atoms with E-state index in [0.717, 1.165) is 0 Å². The predicted molar refractivity (Wildman–Crippen MR) is 53.3 cm³/mol. The molecule has 1 aromatic heterocycles. The Morgan fingerprint density at radius 3 is 2.56 bits per heavy atom. The highest BCUT2D eigenvalue weighted by Crippen LogP contribution is 2.63. The summed E-state index contributed by atoms with van der Waals surface area (Å²) in [7, 11) is 0. The Balaban J connectivity index is 2.43. The molecule has 1 aliphatic rings. The molecular weight excluding hydrogens is 204 g/mol. The van der Waals surface area contributed by atoms with Crippen molar-refractivity contribution >= 4 is 5.91 Å². The molecule has 0 aliphatic heterocycles. The lowest BCUT2D eigenvalue weighted by Crippen LogP contribution is -2.17. The first-order valence-electron chi connectivity index (χ1n) is 4.69. The monoisotopic (exact) mass is 212 g/mol. The van der Waals surface area contributed by atoms with Gasteiger partial charge in [-0.1, -0.05) is 6.07 Å². The molecule has 1 aromatic rings. The van der Waals surface area contributed by atoms with Crippen LogP contribution in [0.5, 0.6) is 0 Å². The number of aromatic nitrogens is 1. The number of nitrogens with two attached hydrogens (primary N) is 1. The van der Waals surface area contributed by atoms with E-state index in [1.165, 1.54) is 0 Å². The first kappa shape index (κ1) is 10.1. The molecule has 1 heterocycles. The molecule has 2 atom stereocenters. The summed E-state index contributed by atoms with van der Waals surface area (Å²) >= 11 is 0. The quantitative estimate of drug-likeness (QED) is 0.761. The van der Waals surface area contributed by atoms with E-state index in [0.29, 0.717) is 5.56 Å². The summed E-state index contributed by atoms with van der Waals surface area (Å²) in [5.41, 5.74) is 4.58. The summed E-state index contributed by atoms with van der Waals surface area (Å²) in [5, 5.41) is 18.0. The average Bonchev–Trinajstić information content (AvgIpc) is 3.00. The standard InChI is InChI=1S/C11H8N4O/c12-5-11(6-13)8(9(11)10(14)16)7-2-1-3-15-4-7/h1-4,8-9H,(H2,14,16). The molecule has 1 aliphatic carbocycles. The highest BCUT2D eigenvalue weighted by Gasteiger charge is 2.70. The van der Waals surface area contributed by atoms with Crippen molar-refractivity contribution in [1.82, 2.24) is 4.98 Å². The molecule has 0 aromatic carbocycles. The van der Waals surface area contributed by atoms with Gasteiger partial charge in [-0.2, -0.15) is 10.5 Å². The first-order valence-corrected chi connectivity index (χ1v) is 4.69. The Kier molecular flexibility index (Phi) is 2.10. The van der Waals surface area contributed by atoms with Crippen molar-refractivity contribution in [2.45, 2.75) is 5.92 Å². The minimum atomic E-state index is -1.31. The molecule has 5 nitrogen and oxygen atoms in total. The fraction of sp³-hybridized carbons (Fsp3) is 0.273. The molecule has 0 saturated heterocycles. The molecule has 5 heteroatoms. The molecule has 2 rings (SSSR count). The number of carbonyl (C=O) groups excluding carboxylic acids is 1. The van der Waals surface area contributed by atoms with Gasteiger partial charge in [0, 0.05) is 18.3 Å². The van der Waals surface area contributed by atoms with Gasteiger partial charge in [-0.3, -0.25) is 9.78 Å². The zero-order chi connectivity index (χ0) is 11.8. The van der Waals surface area contributed by atoms with Gasteiger partial charge in [0.2, 0.25) is 5.91 Å². The van der Waals surface area contributed by atoms with Gasteiger partial charge in [0.05, 0.1) is 18.1 Å². The highest BCUT2D eigenvalue weighted by molar-refractivity contribution is 5.85. The number of hydrogen-bond donors (Lipinski definition) is 1. The van der Waals surface area contributed by atoms with E-state index in [2.05, 4.69) is 4.98 Å². The van der Waals surface area contributed by atoms with Crippen molar-refractivity contribution in [2.75, 3.05) is 0 Å². The van der Waals surface area contributed by atoms with Gasteiger partial charge in [0.1, 0.15) is 0 Å². The van der Waals surface area contributed by atoms with Crippen LogP contribution in [0.4, 0.5) is 0 Å². The van der Waals surface area contributed by atoms with Crippen LogP contribution in [-0.2, 0) is 4.79 Å². The van der Waals surface area contributed by atoms with Crippen molar-refractivity contribution in [1.29, 1.82) is 10.5 Å². The number of amides is 1. The van der Waals surface area contributed by atoms with Gasteiger partial charge >= 0.3 is 0 Å². The third kappa shape index (κ3) is 1.15. The topological polar surface area (TPSA) is 104 Å². The van der Waals surface area contributed by atoms with Crippen molar-refractivity contribution in [3.63, 3.8) is 0 Å². The lowest BCUT2D eigenvalue weighted by Gasteiger charge is -1.96. The lowest BCUT2D eigenvalue weighted by molar-refractivity contribution is -0.119. The smallest absolute Gasteiger partial charge is 0.223 e. The van der Waals surface area contributed by atoms with Crippen molar-refractivity contribution in [2.24, 2.45) is 17.1 Å². The second kappa shape index (κ2) is 3.32. The first-order chi connectivity index (χ1) is 7.67. The van der Waals surface area contributed by atoms with Crippen LogP contribution in [0.25, 0.3) is 0 Å². The van der Waals surface area contributed by atoms with Crippen molar-refractivity contribution < 1.29 is 4.79 Å². The number of primary amides is 1. The zero-order valence-electron chi connectivity index (χ0n) is 8.29. The van der Waals surface area contributed by atoms with Crippen LogP contribution in [0.1, 0.15) is 11.5 Å².